The first-order valence-electron chi connectivity index (χ1n) is 7.36. The first-order valence-corrected chi connectivity index (χ1v) is 8.49. The van der Waals surface area contributed by atoms with Crippen LogP contribution < -0.4 is 14.8 Å². The summed E-state index contributed by atoms with van der Waals surface area (Å²) >= 11 is 17.8. The Hall–Kier alpha value is -1.66. The Morgan fingerprint density at radius 1 is 1.00 bits per heavy atom. The molecular weight excluding hydrogens is 389 g/mol. The van der Waals surface area contributed by atoms with Crippen LogP contribution in [0.15, 0.2) is 42.5 Å². The number of rotatable bonds is 8. The standard InChI is InChI=1S/C17H16Cl3NO4/c18-12-4-1-2-6-14(12)25-10-16(23)21-8-11(22)9-24-15-7-3-5-13(19)17(15)20/h1-7,11,22H,8-10H2,(H,21,23). The Labute approximate surface area is 160 Å². The molecule has 2 aromatic carbocycles. The lowest BCUT2D eigenvalue weighted by Gasteiger charge is -2.14. The number of amides is 1. The highest BCUT2D eigenvalue weighted by Gasteiger charge is 2.11. The van der Waals surface area contributed by atoms with Crippen LogP contribution in [-0.2, 0) is 4.79 Å². The summed E-state index contributed by atoms with van der Waals surface area (Å²) in [6.07, 6.45) is -0.917. The summed E-state index contributed by atoms with van der Waals surface area (Å²) in [5, 5.41) is 13.5. The second-order valence-corrected chi connectivity index (χ2v) is 6.23. The van der Waals surface area contributed by atoms with Crippen LogP contribution in [0.3, 0.4) is 0 Å². The SMILES string of the molecule is O=C(COc1ccccc1Cl)NCC(O)COc1cccc(Cl)c1Cl. The first kappa shape index (κ1) is 19.7. The van der Waals surface area contributed by atoms with E-state index < -0.39 is 6.10 Å². The van der Waals surface area contributed by atoms with Gasteiger partial charge in [0.2, 0.25) is 0 Å². The largest absolute Gasteiger partial charge is 0.489 e. The van der Waals surface area contributed by atoms with E-state index in [0.717, 1.165) is 0 Å². The highest BCUT2D eigenvalue weighted by Crippen LogP contribution is 2.31. The van der Waals surface area contributed by atoms with Crippen molar-refractivity contribution >= 4 is 40.7 Å². The van der Waals surface area contributed by atoms with Crippen LogP contribution in [0.25, 0.3) is 0 Å². The minimum atomic E-state index is -0.917. The van der Waals surface area contributed by atoms with Gasteiger partial charge in [-0.05, 0) is 24.3 Å². The van der Waals surface area contributed by atoms with Crippen LogP contribution in [-0.4, -0.2) is 36.9 Å². The van der Waals surface area contributed by atoms with E-state index in [1.165, 1.54) is 0 Å². The van der Waals surface area contributed by atoms with Gasteiger partial charge >= 0.3 is 0 Å². The van der Waals surface area contributed by atoms with Gasteiger partial charge in [-0.1, -0.05) is 53.0 Å². The van der Waals surface area contributed by atoms with Crippen molar-refractivity contribution in [1.82, 2.24) is 5.32 Å². The van der Waals surface area contributed by atoms with Gasteiger partial charge in [0, 0.05) is 6.54 Å². The molecule has 1 atom stereocenters. The van der Waals surface area contributed by atoms with Crippen molar-refractivity contribution in [1.29, 1.82) is 0 Å². The van der Waals surface area contributed by atoms with Crippen molar-refractivity contribution in [3.8, 4) is 11.5 Å². The Bertz CT molecular complexity index is 727. The monoisotopic (exact) mass is 403 g/mol. The number of para-hydroxylation sites is 1. The fourth-order valence-corrected chi connectivity index (χ4v) is 2.36. The van der Waals surface area contributed by atoms with Gasteiger partial charge in [-0.2, -0.15) is 0 Å². The first-order chi connectivity index (χ1) is 12.0. The Kier molecular flexibility index (Phi) is 7.65. The molecular formula is C17H16Cl3NO4. The fourth-order valence-electron chi connectivity index (χ4n) is 1.83. The molecule has 1 amide bonds. The zero-order chi connectivity index (χ0) is 18.2. The number of hydrogen-bond acceptors (Lipinski definition) is 4. The van der Waals surface area contributed by atoms with Crippen molar-refractivity contribution in [3.05, 3.63) is 57.5 Å². The molecule has 8 heteroatoms. The highest BCUT2D eigenvalue weighted by molar-refractivity contribution is 6.42. The molecule has 5 nitrogen and oxygen atoms in total. The maximum atomic E-state index is 11.7. The number of carbonyl (C=O) groups excluding carboxylic acids is 1. The van der Waals surface area contributed by atoms with Crippen molar-refractivity contribution in [2.24, 2.45) is 0 Å². The van der Waals surface area contributed by atoms with Crippen molar-refractivity contribution in [3.63, 3.8) is 0 Å². The average molecular weight is 405 g/mol. The molecule has 2 N–H and O–H groups in total. The molecule has 0 fully saturated rings. The van der Waals surface area contributed by atoms with E-state index in [-0.39, 0.29) is 30.7 Å². The van der Waals surface area contributed by atoms with Crippen LogP contribution in [0.5, 0.6) is 11.5 Å². The highest BCUT2D eigenvalue weighted by atomic mass is 35.5. The summed E-state index contributed by atoms with van der Waals surface area (Å²) in [7, 11) is 0. The molecule has 0 radical (unpaired) electrons. The Balaban J connectivity index is 1.70. The second-order valence-electron chi connectivity index (χ2n) is 5.04. The topological polar surface area (TPSA) is 67.8 Å². The van der Waals surface area contributed by atoms with E-state index in [1.54, 1.807) is 42.5 Å². The predicted octanol–water partition coefficient (Wildman–Crippen LogP) is 3.58. The van der Waals surface area contributed by atoms with Gasteiger partial charge in [0.05, 0.1) is 10.0 Å². The Morgan fingerprint density at radius 2 is 1.68 bits per heavy atom. The second kappa shape index (κ2) is 9.73. The van der Waals surface area contributed by atoms with Gasteiger partial charge in [-0.3, -0.25) is 4.79 Å². The van der Waals surface area contributed by atoms with Gasteiger partial charge in [-0.25, -0.2) is 0 Å². The molecule has 0 aromatic heterocycles. The van der Waals surface area contributed by atoms with Crippen LogP contribution in [0.4, 0.5) is 0 Å². The van der Waals surface area contributed by atoms with E-state index >= 15 is 0 Å². The molecule has 0 bridgehead atoms. The number of hydrogen-bond donors (Lipinski definition) is 2. The molecule has 0 aliphatic heterocycles. The number of carbonyl (C=O) groups is 1. The van der Waals surface area contributed by atoms with Gasteiger partial charge in [-0.15, -0.1) is 0 Å². The van der Waals surface area contributed by atoms with Crippen LogP contribution in [0.1, 0.15) is 0 Å². The lowest BCUT2D eigenvalue weighted by atomic mass is 10.3. The molecule has 0 heterocycles. The predicted molar refractivity (Wildman–Crippen MR) is 97.9 cm³/mol. The molecule has 2 aromatic rings. The maximum absolute atomic E-state index is 11.7. The summed E-state index contributed by atoms with van der Waals surface area (Å²) in [4.78, 5) is 11.7. The van der Waals surface area contributed by atoms with Gasteiger partial charge in [0.25, 0.3) is 5.91 Å². The molecule has 134 valence electrons. The third kappa shape index (κ3) is 6.29. The lowest BCUT2D eigenvalue weighted by molar-refractivity contribution is -0.123. The minimum absolute atomic E-state index is 0.00288. The number of aliphatic hydroxyl groups excluding tert-OH is 1. The number of benzene rings is 2. The quantitative estimate of drug-likeness (QED) is 0.706. The number of halogens is 3. The van der Waals surface area contributed by atoms with Gasteiger partial charge in [0.1, 0.15) is 29.2 Å². The third-order valence-electron chi connectivity index (χ3n) is 3.08. The molecule has 25 heavy (non-hydrogen) atoms. The molecule has 0 aliphatic carbocycles. The van der Waals surface area contributed by atoms with Crippen molar-refractivity contribution < 1.29 is 19.4 Å². The summed E-state index contributed by atoms with van der Waals surface area (Å²) in [6.45, 7) is -0.258. The van der Waals surface area contributed by atoms with Crippen LogP contribution in [0, 0.1) is 0 Å². The molecule has 0 saturated heterocycles. The van der Waals surface area contributed by atoms with E-state index in [0.29, 0.717) is 21.5 Å². The van der Waals surface area contributed by atoms with E-state index in [9.17, 15) is 9.90 Å². The van der Waals surface area contributed by atoms with Crippen molar-refractivity contribution in [2.75, 3.05) is 19.8 Å². The zero-order valence-corrected chi connectivity index (χ0v) is 15.3. The van der Waals surface area contributed by atoms with E-state index in [4.69, 9.17) is 44.3 Å². The van der Waals surface area contributed by atoms with Gasteiger partial charge in [0.15, 0.2) is 6.61 Å². The summed E-state index contributed by atoms with van der Waals surface area (Å²) < 4.78 is 10.7. The molecule has 2 rings (SSSR count). The van der Waals surface area contributed by atoms with Crippen LogP contribution in [0.2, 0.25) is 15.1 Å². The fraction of sp³-hybridized carbons (Fsp3) is 0.235. The van der Waals surface area contributed by atoms with Gasteiger partial charge < -0.3 is 19.9 Å². The zero-order valence-electron chi connectivity index (χ0n) is 13.0. The molecule has 1 unspecified atom stereocenters. The third-order valence-corrected chi connectivity index (χ3v) is 4.19. The number of ether oxygens (including phenoxy) is 2. The molecule has 0 spiro atoms. The lowest BCUT2D eigenvalue weighted by Crippen LogP contribution is -2.37. The Morgan fingerprint density at radius 3 is 2.44 bits per heavy atom. The van der Waals surface area contributed by atoms with E-state index in [1.807, 2.05) is 0 Å². The van der Waals surface area contributed by atoms with Crippen molar-refractivity contribution in [2.45, 2.75) is 6.10 Å². The number of nitrogens with one attached hydrogen (secondary N) is 1. The van der Waals surface area contributed by atoms with Crippen LogP contribution >= 0.6 is 34.8 Å². The number of aliphatic hydroxyl groups is 1. The molecule has 0 saturated carbocycles. The van der Waals surface area contributed by atoms with E-state index in [2.05, 4.69) is 5.32 Å². The smallest absolute Gasteiger partial charge is 0.258 e. The molecule has 0 aliphatic rings. The average Bonchev–Trinajstić information content (AvgIpc) is 2.60. The summed E-state index contributed by atoms with van der Waals surface area (Å²) in [5.74, 6) is 0.389. The normalized spacial score (nSPS) is 11.7. The maximum Gasteiger partial charge on any atom is 0.258 e. The summed E-state index contributed by atoms with van der Waals surface area (Å²) in [5.41, 5.74) is 0. The summed E-state index contributed by atoms with van der Waals surface area (Å²) in [6, 6.07) is 11.8. The minimum Gasteiger partial charge on any atom is -0.489 e.